The Bertz CT molecular complexity index is 483. The van der Waals surface area contributed by atoms with E-state index in [1.165, 1.54) is 0 Å². The molecule has 0 aliphatic carbocycles. The van der Waals surface area contributed by atoms with E-state index < -0.39 is 6.10 Å². The Balaban J connectivity index is 1.71. The molecule has 1 aromatic rings. The van der Waals surface area contributed by atoms with E-state index in [-0.39, 0.29) is 11.9 Å². The molecule has 1 unspecified atom stereocenters. The molecule has 7 heteroatoms. The van der Waals surface area contributed by atoms with Crippen LogP contribution in [-0.2, 0) is 11.8 Å². The van der Waals surface area contributed by atoms with Gasteiger partial charge in [0.2, 0.25) is 0 Å². The van der Waals surface area contributed by atoms with Crippen molar-refractivity contribution in [3.63, 3.8) is 0 Å². The van der Waals surface area contributed by atoms with Crippen molar-refractivity contribution in [1.82, 2.24) is 19.8 Å². The summed E-state index contributed by atoms with van der Waals surface area (Å²) in [6.45, 7) is 5.19. The predicted molar refractivity (Wildman–Crippen MR) is 87.0 cm³/mol. The van der Waals surface area contributed by atoms with Gasteiger partial charge in [0.05, 0.1) is 6.61 Å². The molecular weight excluding hydrogens is 296 g/mol. The van der Waals surface area contributed by atoms with Crippen LogP contribution in [0.5, 0.6) is 0 Å². The summed E-state index contributed by atoms with van der Waals surface area (Å²) in [5, 5.41) is 13.3. The average molecular weight is 324 g/mol. The maximum atomic E-state index is 12.1. The number of nitrogens with one attached hydrogen (secondary N) is 1. The molecule has 0 aromatic carbocycles. The highest BCUT2D eigenvalue weighted by atomic mass is 16.5. The number of urea groups is 1. The SMILES string of the molecule is CCCOCCNC(=O)N1CCC(C(O)c2nccn2C)CC1. The maximum Gasteiger partial charge on any atom is 0.317 e. The van der Waals surface area contributed by atoms with Gasteiger partial charge in [0.25, 0.3) is 0 Å². The first kappa shape index (κ1) is 17.7. The zero-order chi connectivity index (χ0) is 16.7. The fraction of sp³-hybridized carbons (Fsp3) is 0.750. The lowest BCUT2D eigenvalue weighted by atomic mass is 9.91. The Labute approximate surface area is 137 Å². The Morgan fingerprint density at radius 2 is 2.22 bits per heavy atom. The van der Waals surface area contributed by atoms with Gasteiger partial charge in [-0.25, -0.2) is 9.78 Å². The number of carbonyl (C=O) groups excluding carboxylic acids is 1. The second-order valence-corrected chi connectivity index (χ2v) is 6.01. The molecule has 2 heterocycles. The van der Waals surface area contributed by atoms with Crippen LogP contribution in [0.15, 0.2) is 12.4 Å². The number of ether oxygens (including phenoxy) is 1. The molecule has 1 aromatic heterocycles. The molecule has 2 N–H and O–H groups in total. The number of piperidine rings is 1. The van der Waals surface area contributed by atoms with Crippen LogP contribution in [0.1, 0.15) is 38.1 Å². The normalized spacial score (nSPS) is 17.3. The van der Waals surface area contributed by atoms with Gasteiger partial charge in [0.1, 0.15) is 11.9 Å². The number of hydrogen-bond donors (Lipinski definition) is 2. The van der Waals surface area contributed by atoms with Crippen LogP contribution in [0, 0.1) is 5.92 Å². The summed E-state index contributed by atoms with van der Waals surface area (Å²) in [6, 6.07) is -0.0463. The molecule has 130 valence electrons. The number of hydrogen-bond acceptors (Lipinski definition) is 4. The number of aryl methyl sites for hydroxylation is 1. The van der Waals surface area contributed by atoms with Gasteiger partial charge in [-0.05, 0) is 25.2 Å². The summed E-state index contributed by atoms with van der Waals surface area (Å²) >= 11 is 0. The minimum atomic E-state index is -0.567. The van der Waals surface area contributed by atoms with Crippen molar-refractivity contribution >= 4 is 6.03 Å². The van der Waals surface area contributed by atoms with E-state index in [1.54, 1.807) is 6.20 Å². The van der Waals surface area contributed by atoms with Crippen molar-refractivity contribution in [1.29, 1.82) is 0 Å². The number of likely N-dealkylation sites (tertiary alicyclic amines) is 1. The standard InChI is InChI=1S/C16H28N4O3/c1-3-11-23-12-7-18-16(22)20-8-4-13(5-9-20)14(21)15-17-6-10-19(15)2/h6,10,13-14,21H,3-5,7-9,11-12H2,1-2H3,(H,18,22). The molecule has 7 nitrogen and oxygen atoms in total. The number of aliphatic hydroxyl groups is 1. The lowest BCUT2D eigenvalue weighted by Gasteiger charge is -2.34. The number of amides is 2. The van der Waals surface area contributed by atoms with E-state index in [4.69, 9.17) is 4.74 Å². The number of aliphatic hydroxyl groups excluding tert-OH is 1. The number of nitrogens with zero attached hydrogens (tertiary/aromatic N) is 3. The summed E-state index contributed by atoms with van der Waals surface area (Å²) in [6.07, 6.45) is 5.52. The van der Waals surface area contributed by atoms with Gasteiger partial charge in [-0.1, -0.05) is 6.92 Å². The molecule has 2 rings (SSSR count). The largest absolute Gasteiger partial charge is 0.385 e. The summed E-state index contributed by atoms with van der Waals surface area (Å²) in [4.78, 5) is 18.1. The summed E-state index contributed by atoms with van der Waals surface area (Å²) in [5.41, 5.74) is 0. The third-order valence-corrected chi connectivity index (χ3v) is 4.27. The first-order valence-corrected chi connectivity index (χ1v) is 8.39. The summed E-state index contributed by atoms with van der Waals surface area (Å²) in [5.74, 6) is 0.842. The van der Waals surface area contributed by atoms with Crippen molar-refractivity contribution in [2.75, 3.05) is 32.8 Å². The Morgan fingerprint density at radius 3 is 2.83 bits per heavy atom. The molecule has 1 aliphatic rings. The molecule has 0 radical (unpaired) electrons. The highest BCUT2D eigenvalue weighted by molar-refractivity contribution is 5.74. The highest BCUT2D eigenvalue weighted by Gasteiger charge is 2.29. The molecule has 2 amide bonds. The highest BCUT2D eigenvalue weighted by Crippen LogP contribution is 2.29. The third-order valence-electron chi connectivity index (χ3n) is 4.27. The van der Waals surface area contributed by atoms with Crippen LogP contribution in [0.4, 0.5) is 4.79 Å². The van der Waals surface area contributed by atoms with Gasteiger partial charge in [0.15, 0.2) is 0 Å². The zero-order valence-electron chi connectivity index (χ0n) is 14.1. The topological polar surface area (TPSA) is 79.6 Å². The number of carbonyl (C=O) groups is 1. The minimum absolute atomic E-state index is 0.0463. The van der Waals surface area contributed by atoms with Crippen molar-refractivity contribution < 1.29 is 14.6 Å². The molecule has 1 aliphatic heterocycles. The first-order chi connectivity index (χ1) is 11.1. The minimum Gasteiger partial charge on any atom is -0.385 e. The lowest BCUT2D eigenvalue weighted by molar-refractivity contribution is 0.0580. The van der Waals surface area contributed by atoms with Crippen LogP contribution in [0.3, 0.4) is 0 Å². The van der Waals surface area contributed by atoms with E-state index >= 15 is 0 Å². The molecule has 1 fully saturated rings. The lowest BCUT2D eigenvalue weighted by Crippen LogP contribution is -2.46. The molecule has 1 atom stereocenters. The fourth-order valence-corrected chi connectivity index (χ4v) is 2.88. The van der Waals surface area contributed by atoms with Gasteiger partial charge in [-0.2, -0.15) is 0 Å². The van der Waals surface area contributed by atoms with Crippen LogP contribution in [0.2, 0.25) is 0 Å². The summed E-state index contributed by atoms with van der Waals surface area (Å²) in [7, 11) is 1.88. The van der Waals surface area contributed by atoms with Gasteiger partial charge < -0.3 is 24.6 Å². The third kappa shape index (κ3) is 4.94. The molecule has 1 saturated heterocycles. The van der Waals surface area contributed by atoms with E-state index in [0.29, 0.717) is 32.1 Å². The van der Waals surface area contributed by atoms with Gasteiger partial charge in [-0.15, -0.1) is 0 Å². The zero-order valence-corrected chi connectivity index (χ0v) is 14.1. The Hall–Kier alpha value is -1.60. The van der Waals surface area contributed by atoms with Crippen LogP contribution >= 0.6 is 0 Å². The van der Waals surface area contributed by atoms with Crippen molar-refractivity contribution in [2.45, 2.75) is 32.3 Å². The summed E-state index contributed by atoms with van der Waals surface area (Å²) < 4.78 is 7.19. The van der Waals surface area contributed by atoms with E-state index in [2.05, 4.69) is 17.2 Å². The fourth-order valence-electron chi connectivity index (χ4n) is 2.88. The van der Waals surface area contributed by atoms with Crippen molar-refractivity contribution in [3.05, 3.63) is 18.2 Å². The number of aromatic nitrogens is 2. The Morgan fingerprint density at radius 1 is 1.48 bits per heavy atom. The maximum absolute atomic E-state index is 12.1. The smallest absolute Gasteiger partial charge is 0.317 e. The average Bonchev–Trinajstić information content (AvgIpc) is 3.00. The molecular formula is C16H28N4O3. The van der Waals surface area contributed by atoms with Crippen LogP contribution < -0.4 is 5.32 Å². The second-order valence-electron chi connectivity index (χ2n) is 6.01. The van der Waals surface area contributed by atoms with Gasteiger partial charge in [-0.3, -0.25) is 0 Å². The monoisotopic (exact) mass is 324 g/mol. The van der Waals surface area contributed by atoms with E-state index in [1.807, 2.05) is 22.7 Å². The van der Waals surface area contributed by atoms with Crippen molar-refractivity contribution in [2.24, 2.45) is 13.0 Å². The van der Waals surface area contributed by atoms with Crippen molar-refractivity contribution in [3.8, 4) is 0 Å². The number of imidazole rings is 1. The van der Waals surface area contributed by atoms with Crippen LogP contribution in [-0.4, -0.2) is 58.4 Å². The first-order valence-electron chi connectivity index (χ1n) is 8.39. The second kappa shape index (κ2) is 8.88. The molecule has 23 heavy (non-hydrogen) atoms. The molecule has 0 saturated carbocycles. The van der Waals surface area contributed by atoms with Gasteiger partial charge in [0, 0.05) is 45.7 Å². The van der Waals surface area contributed by atoms with E-state index in [0.717, 1.165) is 25.9 Å². The molecule has 0 spiro atoms. The quantitative estimate of drug-likeness (QED) is 0.741. The molecule has 0 bridgehead atoms. The predicted octanol–water partition coefficient (Wildman–Crippen LogP) is 1.30. The van der Waals surface area contributed by atoms with E-state index in [9.17, 15) is 9.90 Å². The van der Waals surface area contributed by atoms with Gasteiger partial charge >= 0.3 is 6.03 Å². The number of rotatable bonds is 7. The van der Waals surface area contributed by atoms with Crippen LogP contribution in [0.25, 0.3) is 0 Å². The Kier molecular flexibility index (Phi) is 6.85.